The molecule has 0 saturated heterocycles. The minimum atomic E-state index is 0.926. The van der Waals surface area contributed by atoms with Gasteiger partial charge < -0.3 is 0 Å². The van der Waals surface area contributed by atoms with E-state index >= 15 is 0 Å². The fourth-order valence-electron chi connectivity index (χ4n) is 0.485. The zero-order chi connectivity index (χ0) is 6.53. The van der Waals surface area contributed by atoms with Crippen LogP contribution in [0, 0.1) is 17.2 Å². The Balaban J connectivity index is 2.67. The van der Waals surface area contributed by atoms with Crippen molar-refractivity contribution >= 4 is 11.3 Å². The fraction of sp³-hybridized carbons (Fsp3) is 0.250. The lowest BCUT2D eigenvalue weighted by Gasteiger charge is -1.72. The van der Waals surface area contributed by atoms with Gasteiger partial charge in [-0.2, -0.15) is 0 Å². The molecule has 0 spiro atoms. The first-order chi connectivity index (χ1) is 4.43. The summed E-state index contributed by atoms with van der Waals surface area (Å²) >= 11 is 1.56. The van der Waals surface area contributed by atoms with Crippen LogP contribution in [0.1, 0.15) is 18.9 Å². The van der Waals surface area contributed by atoms with Gasteiger partial charge in [0.05, 0.1) is 0 Å². The third kappa shape index (κ3) is 1.91. The highest BCUT2D eigenvalue weighted by atomic mass is 32.1. The van der Waals surface area contributed by atoms with Crippen LogP contribution in [0.3, 0.4) is 0 Å². The van der Waals surface area contributed by atoms with Crippen molar-refractivity contribution < 1.29 is 0 Å². The summed E-state index contributed by atoms with van der Waals surface area (Å²) in [5, 5.41) is 4.98. The van der Waals surface area contributed by atoms with Gasteiger partial charge in [-0.1, -0.05) is 18.8 Å². The summed E-state index contributed by atoms with van der Waals surface area (Å²) in [5.41, 5.74) is 1.09. The summed E-state index contributed by atoms with van der Waals surface area (Å²) in [4.78, 5) is 0. The highest BCUT2D eigenvalue weighted by molar-refractivity contribution is 7.07. The van der Waals surface area contributed by atoms with Crippen LogP contribution in [-0.4, -0.2) is 0 Å². The van der Waals surface area contributed by atoms with Crippen LogP contribution in [0.2, 0.25) is 0 Å². The van der Waals surface area contributed by atoms with Gasteiger partial charge in [-0.3, -0.25) is 0 Å². The van der Waals surface area contributed by atoms with Gasteiger partial charge in [0.2, 0.25) is 0 Å². The van der Waals surface area contributed by atoms with Crippen molar-refractivity contribution in [3.8, 4) is 11.8 Å². The molecule has 1 heteroatoms. The van der Waals surface area contributed by atoms with E-state index in [0.29, 0.717) is 0 Å². The smallest absolute Gasteiger partial charge is 0.0455 e. The van der Waals surface area contributed by atoms with Gasteiger partial charge in [0.25, 0.3) is 0 Å². The van der Waals surface area contributed by atoms with Crippen LogP contribution in [0.25, 0.3) is 0 Å². The minimum absolute atomic E-state index is 0.926. The second-order valence-corrected chi connectivity index (χ2v) is 2.32. The summed E-state index contributed by atoms with van der Waals surface area (Å²) in [5.74, 6) is 5.99. The van der Waals surface area contributed by atoms with Gasteiger partial charge in [-0.15, -0.1) is 11.3 Å². The van der Waals surface area contributed by atoms with Crippen LogP contribution in [0.15, 0.2) is 11.4 Å². The van der Waals surface area contributed by atoms with Crippen molar-refractivity contribution in [2.75, 3.05) is 0 Å². The zero-order valence-electron chi connectivity index (χ0n) is 5.27. The number of hydrogen-bond acceptors (Lipinski definition) is 1. The van der Waals surface area contributed by atoms with Crippen LogP contribution in [0.4, 0.5) is 0 Å². The van der Waals surface area contributed by atoms with Gasteiger partial charge >= 0.3 is 0 Å². The molecular weight excluding hydrogens is 128 g/mol. The van der Waals surface area contributed by atoms with Crippen molar-refractivity contribution in [2.24, 2.45) is 0 Å². The Morgan fingerprint density at radius 1 is 1.78 bits per heavy atom. The van der Waals surface area contributed by atoms with Gasteiger partial charge in [-0.25, -0.2) is 0 Å². The molecule has 0 atom stereocenters. The van der Waals surface area contributed by atoms with Crippen molar-refractivity contribution in [3.05, 3.63) is 22.4 Å². The molecule has 1 heterocycles. The molecule has 1 radical (unpaired) electrons. The summed E-state index contributed by atoms with van der Waals surface area (Å²) in [7, 11) is 0. The molecule has 9 heavy (non-hydrogen) atoms. The third-order valence-corrected chi connectivity index (χ3v) is 1.50. The van der Waals surface area contributed by atoms with Crippen LogP contribution in [0.5, 0.6) is 0 Å². The Bertz CT molecular complexity index is 210. The lowest BCUT2D eigenvalue weighted by molar-refractivity contribution is 1.28. The summed E-state index contributed by atoms with van der Waals surface area (Å²) in [6.07, 6.45) is 0.926. The van der Waals surface area contributed by atoms with Crippen molar-refractivity contribution in [2.45, 2.75) is 13.3 Å². The van der Waals surface area contributed by atoms with Crippen LogP contribution < -0.4 is 0 Å². The Hall–Kier alpha value is -0.740. The molecule has 0 aliphatic rings. The number of rotatable bonds is 0. The second-order valence-electron chi connectivity index (χ2n) is 1.61. The molecule has 1 aromatic heterocycles. The van der Waals surface area contributed by atoms with E-state index < -0.39 is 0 Å². The lowest BCUT2D eigenvalue weighted by Crippen LogP contribution is -1.60. The fourth-order valence-corrected chi connectivity index (χ4v) is 1.00. The Morgan fingerprint density at radius 2 is 2.67 bits per heavy atom. The second kappa shape index (κ2) is 3.32. The predicted molar refractivity (Wildman–Crippen MR) is 40.3 cm³/mol. The van der Waals surface area contributed by atoms with Crippen molar-refractivity contribution in [1.29, 1.82) is 0 Å². The van der Waals surface area contributed by atoms with Gasteiger partial charge in [-0.05, 0) is 6.07 Å². The van der Waals surface area contributed by atoms with E-state index in [1.165, 1.54) is 0 Å². The van der Waals surface area contributed by atoms with E-state index in [1.54, 1.807) is 11.3 Å². The molecule has 0 bridgehead atoms. The van der Waals surface area contributed by atoms with E-state index in [4.69, 9.17) is 0 Å². The third-order valence-electron chi connectivity index (χ3n) is 0.878. The summed E-state index contributed by atoms with van der Waals surface area (Å²) < 4.78 is 0. The van der Waals surface area contributed by atoms with Gasteiger partial charge in [0.1, 0.15) is 0 Å². The molecular formula is C8H7S. The standard InChI is InChI=1S/C8H7S/c1-2-3-4-8-5-6-9-7-8/h5,7H,2H2,1H3. The molecule has 0 fully saturated rings. The Morgan fingerprint density at radius 3 is 3.22 bits per heavy atom. The maximum absolute atomic E-state index is 3.00. The molecule has 1 aromatic rings. The quantitative estimate of drug-likeness (QED) is 0.479. The van der Waals surface area contributed by atoms with Gasteiger partial charge in [0, 0.05) is 22.7 Å². The topological polar surface area (TPSA) is 0 Å². The average molecular weight is 135 g/mol. The minimum Gasteiger partial charge on any atom is -0.142 e. The maximum atomic E-state index is 3.00. The van der Waals surface area contributed by atoms with Crippen molar-refractivity contribution in [3.63, 3.8) is 0 Å². The molecule has 0 N–H and O–H groups in total. The maximum Gasteiger partial charge on any atom is 0.0455 e. The van der Waals surface area contributed by atoms with E-state index in [1.807, 2.05) is 18.4 Å². The molecule has 0 aromatic carbocycles. The van der Waals surface area contributed by atoms with E-state index in [9.17, 15) is 0 Å². The van der Waals surface area contributed by atoms with Crippen molar-refractivity contribution in [1.82, 2.24) is 0 Å². The first-order valence-corrected chi connectivity index (χ1v) is 3.75. The lowest BCUT2D eigenvalue weighted by atomic mass is 10.3. The highest BCUT2D eigenvalue weighted by Gasteiger charge is 1.81. The Kier molecular flexibility index (Phi) is 2.35. The van der Waals surface area contributed by atoms with Crippen LogP contribution >= 0.6 is 11.3 Å². The largest absolute Gasteiger partial charge is 0.142 e. The first kappa shape index (κ1) is 6.38. The number of hydrogen-bond donors (Lipinski definition) is 0. The number of thiophene rings is 1. The summed E-state index contributed by atoms with van der Waals surface area (Å²) in [6, 6.07) is 1.91. The van der Waals surface area contributed by atoms with E-state index in [-0.39, 0.29) is 0 Å². The van der Waals surface area contributed by atoms with Gasteiger partial charge in [0.15, 0.2) is 0 Å². The monoisotopic (exact) mass is 135 g/mol. The van der Waals surface area contributed by atoms with E-state index in [2.05, 4.69) is 17.2 Å². The van der Waals surface area contributed by atoms with Crippen LogP contribution in [-0.2, 0) is 0 Å². The van der Waals surface area contributed by atoms with E-state index in [0.717, 1.165) is 12.0 Å². The molecule has 45 valence electrons. The predicted octanol–water partition coefficient (Wildman–Crippen LogP) is 2.31. The molecule has 0 unspecified atom stereocenters. The molecule has 0 amide bonds. The molecule has 0 aliphatic carbocycles. The SMILES string of the molecule is CCC#Cc1c[c]sc1. The zero-order valence-corrected chi connectivity index (χ0v) is 6.09. The molecule has 0 saturated carbocycles. The molecule has 0 nitrogen and oxygen atoms in total. The highest BCUT2D eigenvalue weighted by Crippen LogP contribution is 2.01. The average Bonchev–Trinajstić information content (AvgIpc) is 2.34. The summed E-state index contributed by atoms with van der Waals surface area (Å²) in [6.45, 7) is 2.04. The normalized spacial score (nSPS) is 8.11. The molecule has 1 rings (SSSR count). The first-order valence-electron chi connectivity index (χ1n) is 2.87. The Labute approximate surface area is 59.5 Å². The molecule has 0 aliphatic heterocycles.